The Balaban J connectivity index is 1.70. The number of aromatic nitrogens is 1. The third-order valence-corrected chi connectivity index (χ3v) is 3.91. The van der Waals surface area contributed by atoms with Gasteiger partial charge in [0.2, 0.25) is 0 Å². The van der Waals surface area contributed by atoms with Crippen molar-refractivity contribution in [1.82, 2.24) is 9.88 Å². The molecule has 1 N–H and O–H groups in total. The molecule has 102 valence electrons. The van der Waals surface area contributed by atoms with Crippen molar-refractivity contribution in [2.45, 2.75) is 26.3 Å². The van der Waals surface area contributed by atoms with E-state index in [1.165, 1.54) is 5.56 Å². The number of nitrogens with zero attached hydrogens (tertiary/aromatic N) is 2. The molecule has 1 saturated carbocycles. The zero-order valence-corrected chi connectivity index (χ0v) is 11.5. The molecule has 3 rings (SSSR count). The zero-order valence-electron chi connectivity index (χ0n) is 11.5. The monoisotopic (exact) mass is 260 g/mol. The molecule has 1 aromatic carbocycles. The fourth-order valence-corrected chi connectivity index (χ4v) is 2.67. The molecule has 2 aromatic rings. The van der Waals surface area contributed by atoms with Crippen molar-refractivity contribution in [2.75, 3.05) is 20.2 Å². The van der Waals surface area contributed by atoms with Gasteiger partial charge in [0.05, 0.1) is 0 Å². The van der Waals surface area contributed by atoms with Gasteiger partial charge < -0.3 is 14.4 Å². The lowest BCUT2D eigenvalue weighted by Crippen LogP contribution is -2.28. The first-order valence-corrected chi connectivity index (χ1v) is 6.76. The second-order valence-corrected chi connectivity index (χ2v) is 5.87. The molecule has 0 amide bonds. The van der Waals surface area contributed by atoms with Gasteiger partial charge in [-0.25, -0.2) is 4.98 Å². The number of rotatable bonds is 5. The normalized spacial score (nSPS) is 17.3. The van der Waals surface area contributed by atoms with E-state index in [0.717, 1.165) is 37.0 Å². The molecular weight excluding hydrogens is 240 g/mol. The molecule has 0 unspecified atom stereocenters. The Bertz CT molecular complexity index is 587. The highest BCUT2D eigenvalue weighted by Crippen LogP contribution is 2.45. The van der Waals surface area contributed by atoms with Crippen LogP contribution >= 0.6 is 0 Å². The lowest BCUT2D eigenvalue weighted by molar-refractivity contribution is 0.161. The molecule has 4 heteroatoms. The van der Waals surface area contributed by atoms with Crippen LogP contribution < -0.4 is 0 Å². The lowest BCUT2D eigenvalue weighted by atomic mass is 10.1. The van der Waals surface area contributed by atoms with Crippen LogP contribution in [-0.4, -0.2) is 35.2 Å². The van der Waals surface area contributed by atoms with Gasteiger partial charge in [-0.05, 0) is 37.6 Å². The number of hydrogen-bond donors (Lipinski definition) is 1. The second-order valence-electron chi connectivity index (χ2n) is 5.87. The van der Waals surface area contributed by atoms with E-state index < -0.39 is 0 Å². The van der Waals surface area contributed by atoms with E-state index in [0.29, 0.717) is 12.5 Å². The summed E-state index contributed by atoms with van der Waals surface area (Å²) in [5, 5.41) is 9.37. The summed E-state index contributed by atoms with van der Waals surface area (Å²) in [7, 11) is 2.10. The van der Waals surface area contributed by atoms with Gasteiger partial charge in [-0.3, -0.25) is 0 Å². The molecule has 0 aliphatic heterocycles. The van der Waals surface area contributed by atoms with Crippen LogP contribution in [0.2, 0.25) is 0 Å². The fourth-order valence-electron chi connectivity index (χ4n) is 2.67. The van der Waals surface area contributed by atoms with Crippen LogP contribution in [0.4, 0.5) is 0 Å². The van der Waals surface area contributed by atoms with Crippen molar-refractivity contribution in [3.8, 4) is 0 Å². The van der Waals surface area contributed by atoms with Crippen LogP contribution in [0.1, 0.15) is 24.3 Å². The highest BCUT2D eigenvalue weighted by molar-refractivity contribution is 5.73. The minimum Gasteiger partial charge on any atom is -0.441 e. The maximum atomic E-state index is 9.37. The first kappa shape index (κ1) is 12.6. The summed E-state index contributed by atoms with van der Waals surface area (Å²) in [6, 6.07) is 6.16. The van der Waals surface area contributed by atoms with E-state index in [-0.39, 0.29) is 5.41 Å². The van der Waals surface area contributed by atoms with Crippen LogP contribution in [-0.2, 0) is 6.54 Å². The molecular formula is C15H20N2O2. The number of fused-ring (bicyclic) bond motifs is 1. The standard InChI is InChI=1S/C15H20N2O2/c1-11-16-13-4-3-12(7-14(13)19-11)8-17(2)9-15(10-18)5-6-15/h3-4,7,18H,5-6,8-10H2,1-2H3. The largest absolute Gasteiger partial charge is 0.441 e. The first-order valence-electron chi connectivity index (χ1n) is 6.76. The van der Waals surface area contributed by atoms with Gasteiger partial charge in [-0.15, -0.1) is 0 Å². The Morgan fingerprint density at radius 2 is 2.21 bits per heavy atom. The van der Waals surface area contributed by atoms with Gasteiger partial charge in [0, 0.05) is 32.0 Å². The predicted octanol–water partition coefficient (Wildman–Crippen LogP) is 2.34. The quantitative estimate of drug-likeness (QED) is 0.896. The molecule has 1 aliphatic carbocycles. The van der Waals surface area contributed by atoms with E-state index in [4.69, 9.17) is 4.42 Å². The molecule has 1 heterocycles. The van der Waals surface area contributed by atoms with Crippen LogP contribution in [0, 0.1) is 12.3 Å². The SMILES string of the molecule is Cc1nc2ccc(CN(C)CC3(CO)CC3)cc2o1. The van der Waals surface area contributed by atoms with Gasteiger partial charge in [0.25, 0.3) is 0 Å². The number of hydrogen-bond acceptors (Lipinski definition) is 4. The van der Waals surface area contributed by atoms with Crippen molar-refractivity contribution in [3.05, 3.63) is 29.7 Å². The Kier molecular flexibility index (Phi) is 3.07. The van der Waals surface area contributed by atoms with Gasteiger partial charge in [0.1, 0.15) is 5.52 Å². The molecule has 4 nitrogen and oxygen atoms in total. The minimum atomic E-state index is 0.168. The Morgan fingerprint density at radius 1 is 1.42 bits per heavy atom. The van der Waals surface area contributed by atoms with Crippen LogP contribution in [0.5, 0.6) is 0 Å². The second kappa shape index (κ2) is 4.62. The summed E-state index contributed by atoms with van der Waals surface area (Å²) in [4.78, 5) is 6.57. The highest BCUT2D eigenvalue weighted by Gasteiger charge is 2.42. The third-order valence-electron chi connectivity index (χ3n) is 3.91. The average molecular weight is 260 g/mol. The molecule has 19 heavy (non-hydrogen) atoms. The Morgan fingerprint density at radius 3 is 2.89 bits per heavy atom. The Hall–Kier alpha value is -1.39. The number of aryl methyl sites for hydroxylation is 1. The van der Waals surface area contributed by atoms with E-state index in [9.17, 15) is 5.11 Å². The first-order chi connectivity index (χ1) is 9.10. The highest BCUT2D eigenvalue weighted by atomic mass is 16.3. The molecule has 0 atom stereocenters. The average Bonchev–Trinajstić information content (AvgIpc) is 3.03. The van der Waals surface area contributed by atoms with Crippen molar-refractivity contribution in [3.63, 3.8) is 0 Å². The summed E-state index contributed by atoms with van der Waals surface area (Å²) >= 11 is 0. The topological polar surface area (TPSA) is 49.5 Å². The number of benzene rings is 1. The van der Waals surface area contributed by atoms with Crippen LogP contribution in [0.25, 0.3) is 11.1 Å². The van der Waals surface area contributed by atoms with Crippen molar-refractivity contribution in [1.29, 1.82) is 0 Å². The molecule has 0 spiro atoms. The van der Waals surface area contributed by atoms with Crippen LogP contribution in [0.3, 0.4) is 0 Å². The number of oxazole rings is 1. The van der Waals surface area contributed by atoms with Crippen molar-refractivity contribution < 1.29 is 9.52 Å². The summed E-state index contributed by atoms with van der Waals surface area (Å²) in [6.45, 7) is 4.00. The number of aliphatic hydroxyl groups is 1. The molecule has 1 aromatic heterocycles. The maximum absolute atomic E-state index is 9.37. The molecule has 1 fully saturated rings. The van der Waals surface area contributed by atoms with E-state index >= 15 is 0 Å². The fraction of sp³-hybridized carbons (Fsp3) is 0.533. The van der Waals surface area contributed by atoms with E-state index in [2.05, 4.69) is 29.1 Å². The van der Waals surface area contributed by atoms with Gasteiger partial charge >= 0.3 is 0 Å². The van der Waals surface area contributed by atoms with Crippen molar-refractivity contribution in [2.24, 2.45) is 5.41 Å². The summed E-state index contributed by atoms with van der Waals surface area (Å²) < 4.78 is 5.55. The van der Waals surface area contributed by atoms with Gasteiger partial charge in [0.15, 0.2) is 11.5 Å². The molecule has 0 radical (unpaired) electrons. The maximum Gasteiger partial charge on any atom is 0.192 e. The Labute approximate surface area is 113 Å². The molecule has 0 bridgehead atoms. The number of aliphatic hydroxyl groups excluding tert-OH is 1. The summed E-state index contributed by atoms with van der Waals surface area (Å²) in [5.41, 5.74) is 3.16. The van der Waals surface area contributed by atoms with Crippen LogP contribution in [0.15, 0.2) is 22.6 Å². The zero-order chi connectivity index (χ0) is 13.5. The van der Waals surface area contributed by atoms with Gasteiger partial charge in [-0.2, -0.15) is 0 Å². The predicted molar refractivity (Wildman–Crippen MR) is 73.8 cm³/mol. The smallest absolute Gasteiger partial charge is 0.192 e. The van der Waals surface area contributed by atoms with Gasteiger partial charge in [-0.1, -0.05) is 6.07 Å². The summed E-state index contributed by atoms with van der Waals surface area (Å²) in [6.07, 6.45) is 2.29. The lowest BCUT2D eigenvalue weighted by Gasteiger charge is -2.22. The van der Waals surface area contributed by atoms with E-state index in [1.54, 1.807) is 0 Å². The minimum absolute atomic E-state index is 0.168. The third kappa shape index (κ3) is 2.65. The summed E-state index contributed by atoms with van der Waals surface area (Å²) in [5.74, 6) is 0.706. The van der Waals surface area contributed by atoms with Crippen molar-refractivity contribution >= 4 is 11.1 Å². The molecule has 0 saturated heterocycles. The molecule has 1 aliphatic rings. The van der Waals surface area contributed by atoms with E-state index in [1.807, 2.05) is 13.0 Å².